The van der Waals surface area contributed by atoms with Gasteiger partial charge in [-0.25, -0.2) is 13.4 Å². The molecule has 0 aliphatic carbocycles. The first-order valence-corrected chi connectivity index (χ1v) is 14.1. The van der Waals surface area contributed by atoms with Crippen LogP contribution in [0.2, 0.25) is 5.02 Å². The molecule has 188 valence electrons. The van der Waals surface area contributed by atoms with Crippen LogP contribution in [-0.4, -0.2) is 48.0 Å². The second-order valence-corrected chi connectivity index (χ2v) is 11.9. The van der Waals surface area contributed by atoms with E-state index in [1.165, 1.54) is 10.6 Å². The third-order valence-corrected chi connectivity index (χ3v) is 8.12. The number of nitriles is 1. The lowest BCUT2D eigenvalue weighted by molar-refractivity contribution is 0.341. The fourth-order valence-electron chi connectivity index (χ4n) is 4.23. The minimum absolute atomic E-state index is 0.248. The molecule has 3 aromatic rings. The lowest BCUT2D eigenvalue weighted by atomic mass is 9.77. The van der Waals surface area contributed by atoms with E-state index in [1.807, 2.05) is 30.3 Å². The van der Waals surface area contributed by atoms with Gasteiger partial charge >= 0.3 is 0 Å². The maximum Gasteiger partial charge on any atom is 0.211 e. The van der Waals surface area contributed by atoms with Crippen molar-refractivity contribution in [1.29, 1.82) is 5.26 Å². The van der Waals surface area contributed by atoms with E-state index in [0.717, 1.165) is 28.1 Å². The summed E-state index contributed by atoms with van der Waals surface area (Å²) in [5.74, 6) is 0.648. The smallest absolute Gasteiger partial charge is 0.211 e. The van der Waals surface area contributed by atoms with Gasteiger partial charge in [0.15, 0.2) is 5.75 Å². The number of aromatic nitrogens is 2. The van der Waals surface area contributed by atoms with E-state index in [9.17, 15) is 13.7 Å². The number of halogens is 2. The molecule has 7 nitrogen and oxygen atoms in total. The Morgan fingerprint density at radius 3 is 2.53 bits per heavy atom. The number of alkyl halides is 1. The van der Waals surface area contributed by atoms with Crippen LogP contribution in [0.5, 0.6) is 5.75 Å². The Labute approximate surface area is 221 Å². The summed E-state index contributed by atoms with van der Waals surface area (Å²) in [5.41, 5.74) is 5.02. The van der Waals surface area contributed by atoms with Gasteiger partial charge in [-0.15, -0.1) is 11.6 Å². The third kappa shape index (κ3) is 5.35. The number of benzene rings is 2. The molecule has 0 amide bonds. The van der Waals surface area contributed by atoms with E-state index < -0.39 is 15.4 Å². The molecule has 10 heteroatoms. The van der Waals surface area contributed by atoms with Gasteiger partial charge < -0.3 is 4.74 Å². The van der Waals surface area contributed by atoms with Crippen LogP contribution >= 0.6 is 23.2 Å². The van der Waals surface area contributed by atoms with Gasteiger partial charge in [-0.2, -0.15) is 9.57 Å². The third-order valence-electron chi connectivity index (χ3n) is 6.44. The van der Waals surface area contributed by atoms with E-state index in [4.69, 9.17) is 32.9 Å². The highest BCUT2D eigenvalue weighted by molar-refractivity contribution is 7.88. The molecule has 1 aliphatic heterocycles. The summed E-state index contributed by atoms with van der Waals surface area (Å²) < 4.78 is 30.7. The van der Waals surface area contributed by atoms with Crippen molar-refractivity contribution in [2.24, 2.45) is 0 Å². The molecule has 1 aliphatic rings. The maximum absolute atomic E-state index is 11.9. The second kappa shape index (κ2) is 10.3. The Bertz CT molecular complexity index is 1430. The van der Waals surface area contributed by atoms with Crippen LogP contribution in [0, 0.1) is 11.3 Å². The molecule has 2 heterocycles. The molecule has 0 atom stereocenters. The van der Waals surface area contributed by atoms with Gasteiger partial charge in [-0.3, -0.25) is 4.98 Å². The number of hydrogen-bond donors (Lipinski definition) is 0. The maximum atomic E-state index is 11.9. The Balaban J connectivity index is 1.60. The lowest BCUT2D eigenvalue weighted by Crippen LogP contribution is -2.36. The molecular formula is C26H26Cl2N4O3S. The first-order chi connectivity index (χ1) is 17.0. The monoisotopic (exact) mass is 544 g/mol. The van der Waals surface area contributed by atoms with Gasteiger partial charge in [-0.1, -0.05) is 49.7 Å². The molecule has 0 fully saturated rings. The van der Waals surface area contributed by atoms with Crippen LogP contribution in [0.3, 0.4) is 0 Å². The molecule has 0 radical (unpaired) electrons. The summed E-state index contributed by atoms with van der Waals surface area (Å²) in [4.78, 5) is 9.26. The van der Waals surface area contributed by atoms with Crippen LogP contribution in [0.1, 0.15) is 41.9 Å². The first-order valence-electron chi connectivity index (χ1n) is 11.4. The lowest BCUT2D eigenvalue weighted by Gasteiger charge is -2.27. The Hall–Kier alpha value is -2.70. The van der Waals surface area contributed by atoms with Crippen LogP contribution in [0.15, 0.2) is 42.6 Å². The van der Waals surface area contributed by atoms with Crippen LogP contribution in [0.25, 0.3) is 11.3 Å². The van der Waals surface area contributed by atoms with Crippen LogP contribution in [0.4, 0.5) is 0 Å². The van der Waals surface area contributed by atoms with Gasteiger partial charge in [0.05, 0.1) is 52.5 Å². The molecule has 0 saturated heterocycles. The quantitative estimate of drug-likeness (QED) is 0.391. The van der Waals surface area contributed by atoms with Gasteiger partial charge in [0, 0.05) is 23.9 Å². The number of nitrogens with zero attached hydrogens (tertiary/aromatic N) is 4. The zero-order chi connectivity index (χ0) is 26.1. The average molecular weight is 545 g/mol. The molecule has 36 heavy (non-hydrogen) atoms. The topological polar surface area (TPSA) is 96.2 Å². The minimum atomic E-state index is -3.26. The average Bonchev–Trinajstić information content (AvgIpc) is 2.86. The number of hydrogen-bond acceptors (Lipinski definition) is 6. The molecule has 0 saturated carbocycles. The van der Waals surface area contributed by atoms with Crippen molar-refractivity contribution in [2.45, 2.75) is 32.2 Å². The molecule has 0 spiro atoms. The van der Waals surface area contributed by atoms with Crippen molar-refractivity contribution in [3.63, 3.8) is 0 Å². The second-order valence-electron chi connectivity index (χ2n) is 9.18. The molecule has 2 aromatic carbocycles. The van der Waals surface area contributed by atoms with Crippen molar-refractivity contribution in [3.8, 4) is 23.1 Å². The van der Waals surface area contributed by atoms with E-state index >= 15 is 0 Å². The highest BCUT2D eigenvalue weighted by Crippen LogP contribution is 2.38. The molecule has 1 aromatic heterocycles. The minimum Gasteiger partial charge on any atom is -0.489 e. The van der Waals surface area contributed by atoms with Gasteiger partial charge in [-0.05, 0) is 23.3 Å². The van der Waals surface area contributed by atoms with E-state index in [-0.39, 0.29) is 13.2 Å². The Morgan fingerprint density at radius 1 is 1.17 bits per heavy atom. The summed E-state index contributed by atoms with van der Waals surface area (Å²) in [5, 5.41) is 10.0. The van der Waals surface area contributed by atoms with Crippen molar-refractivity contribution >= 4 is 33.2 Å². The standard InChI is InChI=1S/C26H26Cl2N4O3S/c1-26(2,20-12-18(14-29)25(21(28)13-20)35-11-9-27)19-6-4-17(5-7-19)23-15-30-24-16-32(36(3,33)34)10-8-22(24)31-23/h4-7,12-13,15H,8-11,16H2,1-3H3. The summed E-state index contributed by atoms with van der Waals surface area (Å²) in [6, 6.07) is 13.8. The van der Waals surface area contributed by atoms with Crippen LogP contribution < -0.4 is 4.74 Å². The summed E-state index contributed by atoms with van der Waals surface area (Å²) >= 11 is 12.2. The van der Waals surface area contributed by atoms with Gasteiger partial charge in [0.25, 0.3) is 0 Å². The van der Waals surface area contributed by atoms with Crippen molar-refractivity contribution in [3.05, 3.63) is 75.7 Å². The number of ether oxygens (including phenoxy) is 1. The number of sulfonamides is 1. The predicted octanol–water partition coefficient (Wildman–Crippen LogP) is 4.93. The van der Waals surface area contributed by atoms with E-state index in [0.29, 0.717) is 40.9 Å². The fraction of sp³-hybridized carbons (Fsp3) is 0.346. The summed E-state index contributed by atoms with van der Waals surface area (Å²) in [6.45, 7) is 5.06. The summed E-state index contributed by atoms with van der Waals surface area (Å²) in [7, 11) is -3.26. The molecule has 0 unspecified atom stereocenters. The van der Waals surface area contributed by atoms with Crippen molar-refractivity contribution < 1.29 is 13.2 Å². The van der Waals surface area contributed by atoms with Crippen molar-refractivity contribution in [1.82, 2.24) is 14.3 Å². The molecular weight excluding hydrogens is 519 g/mol. The predicted molar refractivity (Wildman–Crippen MR) is 141 cm³/mol. The molecule has 0 N–H and O–H groups in total. The van der Waals surface area contributed by atoms with Crippen LogP contribution in [-0.2, 0) is 28.4 Å². The Kier molecular flexibility index (Phi) is 7.58. The highest BCUT2D eigenvalue weighted by atomic mass is 35.5. The SMILES string of the molecule is CC(C)(c1ccc(-c2cnc3c(n2)CCN(S(C)(=O)=O)C3)cc1)c1cc(Cl)c(OCCCl)c(C#N)c1. The normalized spacial score (nSPS) is 14.2. The highest BCUT2D eigenvalue weighted by Gasteiger charge is 2.27. The summed E-state index contributed by atoms with van der Waals surface area (Å²) in [6.07, 6.45) is 3.42. The van der Waals surface area contributed by atoms with Gasteiger partial charge in [0.1, 0.15) is 12.7 Å². The van der Waals surface area contributed by atoms with E-state index in [2.05, 4.69) is 24.9 Å². The number of rotatable bonds is 7. The largest absolute Gasteiger partial charge is 0.489 e. The van der Waals surface area contributed by atoms with E-state index in [1.54, 1.807) is 12.3 Å². The number of fused-ring (bicyclic) bond motifs is 1. The molecule has 0 bridgehead atoms. The first kappa shape index (κ1) is 26.4. The van der Waals surface area contributed by atoms with Crippen molar-refractivity contribution in [2.75, 3.05) is 25.3 Å². The molecule has 4 rings (SSSR count). The van der Waals surface area contributed by atoms with Gasteiger partial charge in [0.2, 0.25) is 10.0 Å². The zero-order valence-electron chi connectivity index (χ0n) is 20.3. The fourth-order valence-corrected chi connectivity index (χ4v) is 5.36. The Morgan fingerprint density at radius 2 is 1.89 bits per heavy atom. The zero-order valence-corrected chi connectivity index (χ0v) is 22.6.